The topological polar surface area (TPSA) is 49.7 Å². The van der Waals surface area contributed by atoms with Crippen molar-refractivity contribution in [1.29, 1.82) is 0 Å². The van der Waals surface area contributed by atoms with Crippen LogP contribution in [0.2, 0.25) is 0 Å². The first-order chi connectivity index (χ1) is 7.58. The lowest BCUT2D eigenvalue weighted by Crippen LogP contribution is -2.14. The number of hydrogen-bond acceptors (Lipinski definition) is 4. The van der Waals surface area contributed by atoms with Crippen LogP contribution in [-0.4, -0.2) is 38.5 Å². The third-order valence-electron chi connectivity index (χ3n) is 2.50. The van der Waals surface area contributed by atoms with Crippen molar-refractivity contribution < 1.29 is 8.42 Å². The van der Waals surface area contributed by atoms with E-state index in [2.05, 4.69) is 5.10 Å². The largest absolute Gasteiger partial charge is 0.300 e. The molecule has 1 heterocycles. The summed E-state index contributed by atoms with van der Waals surface area (Å²) in [6.07, 6.45) is 0.739. The van der Waals surface area contributed by atoms with Crippen molar-refractivity contribution in [2.75, 3.05) is 19.3 Å². The van der Waals surface area contributed by atoms with Crippen molar-refractivity contribution in [3.05, 3.63) is 30.3 Å². The average molecular weight is 238 g/mol. The lowest BCUT2D eigenvalue weighted by molar-refractivity contribution is 0.393. The fraction of sp³-hybridized carbons (Fsp3) is 0.364. The van der Waals surface area contributed by atoms with Crippen LogP contribution in [0.3, 0.4) is 0 Å². The Morgan fingerprint density at radius 1 is 1.31 bits per heavy atom. The monoisotopic (exact) mass is 238 g/mol. The summed E-state index contributed by atoms with van der Waals surface area (Å²) in [5.74, 6) is 0.0291. The van der Waals surface area contributed by atoms with Gasteiger partial charge in [-0.2, -0.15) is 5.10 Å². The molecule has 4 nitrogen and oxygen atoms in total. The highest BCUT2D eigenvalue weighted by Gasteiger charge is 2.20. The molecule has 0 fully saturated rings. The molecular formula is C11H14N2O2S. The van der Waals surface area contributed by atoms with Crippen LogP contribution in [0.4, 0.5) is 0 Å². The van der Waals surface area contributed by atoms with Crippen molar-refractivity contribution in [3.63, 3.8) is 0 Å². The third kappa shape index (κ3) is 2.41. The lowest BCUT2D eigenvalue weighted by Gasteiger charge is -2.03. The number of benzene rings is 1. The number of sulfone groups is 1. The highest BCUT2D eigenvalue weighted by atomic mass is 32.2. The van der Waals surface area contributed by atoms with Crippen LogP contribution in [-0.2, 0) is 9.84 Å². The molecule has 0 spiro atoms. The maximum atomic E-state index is 12.0. The van der Waals surface area contributed by atoms with Crippen LogP contribution < -0.4 is 0 Å². The Bertz CT molecular complexity index is 494. The Morgan fingerprint density at radius 2 is 2.00 bits per heavy atom. The van der Waals surface area contributed by atoms with Crippen molar-refractivity contribution >= 4 is 15.5 Å². The number of rotatable bonds is 3. The van der Waals surface area contributed by atoms with Gasteiger partial charge in [0.05, 0.1) is 16.4 Å². The maximum absolute atomic E-state index is 12.0. The van der Waals surface area contributed by atoms with Crippen LogP contribution in [0, 0.1) is 0 Å². The van der Waals surface area contributed by atoms with E-state index < -0.39 is 9.84 Å². The van der Waals surface area contributed by atoms with Gasteiger partial charge in [-0.25, -0.2) is 8.42 Å². The van der Waals surface area contributed by atoms with Gasteiger partial charge in [-0.1, -0.05) is 18.2 Å². The van der Waals surface area contributed by atoms with E-state index in [1.54, 1.807) is 35.3 Å². The molecule has 0 aromatic heterocycles. The second-order valence-corrected chi connectivity index (χ2v) is 5.86. The Hall–Kier alpha value is -1.36. The quantitative estimate of drug-likeness (QED) is 0.793. The van der Waals surface area contributed by atoms with E-state index in [0.29, 0.717) is 4.90 Å². The van der Waals surface area contributed by atoms with Crippen molar-refractivity contribution in [3.8, 4) is 0 Å². The molecule has 0 unspecified atom stereocenters. The molecule has 0 saturated heterocycles. The molecule has 1 aliphatic rings. The second-order valence-electron chi connectivity index (χ2n) is 3.87. The van der Waals surface area contributed by atoms with E-state index in [4.69, 9.17) is 0 Å². The zero-order chi connectivity index (χ0) is 11.6. The summed E-state index contributed by atoms with van der Waals surface area (Å²) in [5.41, 5.74) is 0.742. The van der Waals surface area contributed by atoms with Crippen LogP contribution in [0.1, 0.15) is 6.42 Å². The minimum atomic E-state index is -3.22. The maximum Gasteiger partial charge on any atom is 0.183 e. The molecule has 0 N–H and O–H groups in total. The van der Waals surface area contributed by atoms with Crippen molar-refractivity contribution in [1.82, 2.24) is 5.01 Å². The molecule has 0 radical (unpaired) electrons. The van der Waals surface area contributed by atoms with E-state index in [1.807, 2.05) is 7.05 Å². The van der Waals surface area contributed by atoms with Gasteiger partial charge in [0.15, 0.2) is 9.84 Å². The molecule has 5 heteroatoms. The summed E-state index contributed by atoms with van der Waals surface area (Å²) in [6, 6.07) is 8.51. The first-order valence-electron chi connectivity index (χ1n) is 5.13. The number of hydrazone groups is 1. The second kappa shape index (κ2) is 4.25. The minimum Gasteiger partial charge on any atom is -0.300 e. The van der Waals surface area contributed by atoms with Gasteiger partial charge >= 0.3 is 0 Å². The van der Waals surface area contributed by atoms with E-state index >= 15 is 0 Å². The Kier molecular flexibility index (Phi) is 2.96. The molecule has 1 aromatic rings. The first-order valence-corrected chi connectivity index (χ1v) is 6.78. The molecule has 0 saturated carbocycles. The zero-order valence-corrected chi connectivity index (χ0v) is 9.94. The predicted octanol–water partition coefficient (Wildman–Crippen LogP) is 1.15. The zero-order valence-electron chi connectivity index (χ0n) is 9.13. The van der Waals surface area contributed by atoms with E-state index in [0.717, 1.165) is 18.7 Å². The van der Waals surface area contributed by atoms with Gasteiger partial charge in [0, 0.05) is 20.0 Å². The van der Waals surface area contributed by atoms with Crippen molar-refractivity contribution in [2.45, 2.75) is 11.3 Å². The molecule has 16 heavy (non-hydrogen) atoms. The standard InChI is InChI=1S/C11H14N2O2S/c1-13-8-7-10(12-13)9-16(14,15)11-5-3-2-4-6-11/h2-6H,7-9H2,1H3. The highest BCUT2D eigenvalue weighted by molar-refractivity contribution is 7.92. The molecule has 86 valence electrons. The van der Waals surface area contributed by atoms with Gasteiger partial charge in [-0.3, -0.25) is 5.01 Å². The molecule has 0 aliphatic carbocycles. The van der Waals surface area contributed by atoms with Gasteiger partial charge in [0.1, 0.15) is 0 Å². The molecule has 1 aromatic carbocycles. The molecule has 0 bridgehead atoms. The summed E-state index contributed by atoms with van der Waals surface area (Å²) < 4.78 is 24.0. The summed E-state index contributed by atoms with van der Waals surface area (Å²) in [4.78, 5) is 0.368. The number of hydrogen-bond donors (Lipinski definition) is 0. The van der Waals surface area contributed by atoms with E-state index in [-0.39, 0.29) is 5.75 Å². The summed E-state index contributed by atoms with van der Waals surface area (Å²) in [5, 5.41) is 5.94. The van der Waals surface area contributed by atoms with Crippen molar-refractivity contribution in [2.24, 2.45) is 5.10 Å². The fourth-order valence-electron chi connectivity index (χ4n) is 1.66. The third-order valence-corrected chi connectivity index (χ3v) is 4.20. The normalized spacial score (nSPS) is 16.3. The Morgan fingerprint density at radius 3 is 2.56 bits per heavy atom. The van der Waals surface area contributed by atoms with Gasteiger partial charge in [0.2, 0.25) is 0 Å². The highest BCUT2D eigenvalue weighted by Crippen LogP contribution is 2.13. The summed E-state index contributed by atoms with van der Waals surface area (Å²) >= 11 is 0. The molecular weight excluding hydrogens is 224 g/mol. The lowest BCUT2D eigenvalue weighted by atomic mass is 10.3. The van der Waals surface area contributed by atoms with Crippen LogP contribution in [0.15, 0.2) is 40.3 Å². The van der Waals surface area contributed by atoms with Gasteiger partial charge in [-0.05, 0) is 12.1 Å². The molecule has 0 atom stereocenters. The first kappa shape index (κ1) is 11.1. The fourth-order valence-corrected chi connectivity index (χ4v) is 3.04. The Labute approximate surface area is 95.5 Å². The smallest absolute Gasteiger partial charge is 0.183 e. The van der Waals surface area contributed by atoms with E-state index in [9.17, 15) is 8.42 Å². The van der Waals surface area contributed by atoms with Gasteiger partial charge in [0.25, 0.3) is 0 Å². The summed E-state index contributed by atoms with van der Waals surface area (Å²) in [6.45, 7) is 0.805. The SMILES string of the molecule is CN1CCC(CS(=O)(=O)c2ccccc2)=N1. The number of nitrogens with zero attached hydrogens (tertiary/aromatic N) is 2. The van der Waals surface area contributed by atoms with Gasteiger partial charge < -0.3 is 0 Å². The molecule has 2 rings (SSSR count). The molecule has 1 aliphatic heterocycles. The van der Waals surface area contributed by atoms with Crippen LogP contribution >= 0.6 is 0 Å². The van der Waals surface area contributed by atoms with Crippen LogP contribution in [0.5, 0.6) is 0 Å². The van der Waals surface area contributed by atoms with Crippen LogP contribution in [0.25, 0.3) is 0 Å². The summed E-state index contributed by atoms with van der Waals surface area (Å²) in [7, 11) is -1.38. The average Bonchev–Trinajstić information content (AvgIpc) is 2.64. The van der Waals surface area contributed by atoms with E-state index in [1.165, 1.54) is 0 Å². The minimum absolute atomic E-state index is 0.0291. The Balaban J connectivity index is 2.19. The van der Waals surface area contributed by atoms with Gasteiger partial charge in [-0.15, -0.1) is 0 Å². The predicted molar refractivity (Wildman–Crippen MR) is 63.2 cm³/mol. The molecule has 0 amide bonds.